The van der Waals surface area contributed by atoms with Crippen LogP contribution in [0, 0.1) is 0 Å². The summed E-state index contributed by atoms with van der Waals surface area (Å²) >= 11 is 0. The quantitative estimate of drug-likeness (QED) is 0.440. The van der Waals surface area contributed by atoms with Crippen molar-refractivity contribution in [2.75, 3.05) is 17.4 Å². The number of benzene rings is 3. The molecule has 184 valence electrons. The van der Waals surface area contributed by atoms with E-state index >= 15 is 0 Å². The molecule has 0 fully saturated rings. The Hall–Kier alpha value is -3.65. The van der Waals surface area contributed by atoms with Crippen molar-refractivity contribution in [3.63, 3.8) is 0 Å². The monoisotopic (exact) mass is 493 g/mol. The molecule has 1 N–H and O–H groups in total. The molecular formula is C27H31N3O4S. The number of carbonyl (C=O) groups excluding carboxylic acids is 2. The number of nitrogens with zero attached hydrogens (tertiary/aromatic N) is 2. The van der Waals surface area contributed by atoms with Crippen LogP contribution in [-0.4, -0.2) is 44.3 Å². The molecule has 0 aliphatic rings. The van der Waals surface area contributed by atoms with Crippen molar-refractivity contribution in [1.29, 1.82) is 0 Å². The van der Waals surface area contributed by atoms with E-state index in [4.69, 9.17) is 0 Å². The molecule has 0 radical (unpaired) electrons. The maximum absolute atomic E-state index is 13.7. The minimum Gasteiger partial charge on any atom is -0.354 e. The normalized spacial score (nSPS) is 11.9. The lowest BCUT2D eigenvalue weighted by Gasteiger charge is -2.32. The van der Waals surface area contributed by atoms with Crippen molar-refractivity contribution < 1.29 is 18.0 Å². The molecule has 1 atom stereocenters. The van der Waals surface area contributed by atoms with Crippen LogP contribution < -0.4 is 9.62 Å². The molecule has 8 heteroatoms. The molecule has 0 spiro atoms. The van der Waals surface area contributed by atoms with Gasteiger partial charge in [-0.15, -0.1) is 0 Å². The Balaban J connectivity index is 1.96. The molecule has 0 unspecified atom stereocenters. The summed E-state index contributed by atoms with van der Waals surface area (Å²) in [5.41, 5.74) is 1.21. The van der Waals surface area contributed by atoms with Gasteiger partial charge in [-0.05, 0) is 43.2 Å². The topological polar surface area (TPSA) is 86.8 Å². The van der Waals surface area contributed by atoms with E-state index in [1.165, 1.54) is 17.0 Å². The zero-order chi connectivity index (χ0) is 25.3. The van der Waals surface area contributed by atoms with Gasteiger partial charge in [0, 0.05) is 13.1 Å². The summed E-state index contributed by atoms with van der Waals surface area (Å²) in [6, 6.07) is 25.0. The molecule has 0 aliphatic carbocycles. The van der Waals surface area contributed by atoms with Gasteiger partial charge >= 0.3 is 0 Å². The highest BCUT2D eigenvalue weighted by Crippen LogP contribution is 2.24. The maximum Gasteiger partial charge on any atom is 0.264 e. The van der Waals surface area contributed by atoms with E-state index < -0.39 is 28.5 Å². The van der Waals surface area contributed by atoms with Gasteiger partial charge in [0.05, 0.1) is 10.6 Å². The van der Waals surface area contributed by atoms with Gasteiger partial charge in [0.15, 0.2) is 0 Å². The van der Waals surface area contributed by atoms with Crippen molar-refractivity contribution in [2.24, 2.45) is 0 Å². The van der Waals surface area contributed by atoms with Gasteiger partial charge in [0.1, 0.15) is 12.6 Å². The number of hydrogen-bond donors (Lipinski definition) is 1. The largest absolute Gasteiger partial charge is 0.354 e. The first kappa shape index (κ1) is 26.0. The Morgan fingerprint density at radius 2 is 1.40 bits per heavy atom. The van der Waals surface area contributed by atoms with Gasteiger partial charge in [-0.1, -0.05) is 73.7 Å². The van der Waals surface area contributed by atoms with E-state index in [1.54, 1.807) is 55.5 Å². The van der Waals surface area contributed by atoms with Crippen LogP contribution in [0.5, 0.6) is 0 Å². The van der Waals surface area contributed by atoms with E-state index in [-0.39, 0.29) is 17.3 Å². The van der Waals surface area contributed by atoms with Gasteiger partial charge < -0.3 is 10.2 Å². The van der Waals surface area contributed by atoms with Crippen LogP contribution in [0.25, 0.3) is 0 Å². The Morgan fingerprint density at radius 1 is 0.857 bits per heavy atom. The number of sulfonamides is 1. The zero-order valence-corrected chi connectivity index (χ0v) is 20.8. The Labute approximate surface area is 207 Å². The van der Waals surface area contributed by atoms with Crippen molar-refractivity contribution in [1.82, 2.24) is 10.2 Å². The zero-order valence-electron chi connectivity index (χ0n) is 20.0. The SMILES string of the molecule is CCCNC(=O)[C@H](C)N(Cc1ccccc1)C(=O)CN(c1ccccc1)S(=O)(=O)c1ccccc1. The summed E-state index contributed by atoms with van der Waals surface area (Å²) in [7, 11) is -4.03. The van der Waals surface area contributed by atoms with Crippen molar-refractivity contribution in [3.05, 3.63) is 96.6 Å². The third-order valence-electron chi connectivity index (χ3n) is 5.57. The standard InChI is InChI=1S/C27H31N3O4S/c1-3-19-28-27(32)22(2)29(20-23-13-7-4-8-14-23)26(31)21-30(24-15-9-5-10-16-24)35(33,34)25-17-11-6-12-18-25/h4-18,22H,3,19-21H2,1-2H3,(H,28,32)/t22-/m0/s1. The molecule has 0 bridgehead atoms. The molecule has 35 heavy (non-hydrogen) atoms. The predicted octanol–water partition coefficient (Wildman–Crippen LogP) is 3.83. The molecule has 2 amide bonds. The number of amides is 2. The Morgan fingerprint density at radius 3 is 1.97 bits per heavy atom. The van der Waals surface area contributed by atoms with Gasteiger partial charge in [0.25, 0.3) is 10.0 Å². The van der Waals surface area contributed by atoms with E-state index in [2.05, 4.69) is 5.32 Å². The average molecular weight is 494 g/mol. The molecule has 0 aromatic heterocycles. The second-order valence-electron chi connectivity index (χ2n) is 8.13. The van der Waals surface area contributed by atoms with Crippen molar-refractivity contribution in [3.8, 4) is 0 Å². The predicted molar refractivity (Wildman–Crippen MR) is 137 cm³/mol. The smallest absolute Gasteiger partial charge is 0.264 e. The van der Waals surface area contributed by atoms with Crippen LogP contribution in [-0.2, 0) is 26.2 Å². The van der Waals surface area contributed by atoms with Crippen LogP contribution >= 0.6 is 0 Å². The van der Waals surface area contributed by atoms with Gasteiger partial charge in [-0.3, -0.25) is 13.9 Å². The highest BCUT2D eigenvalue weighted by atomic mass is 32.2. The number of rotatable bonds is 11. The second-order valence-corrected chi connectivity index (χ2v) is 10.00. The lowest BCUT2D eigenvalue weighted by molar-refractivity contribution is -0.139. The minimum absolute atomic E-state index is 0.0833. The summed E-state index contributed by atoms with van der Waals surface area (Å²) in [4.78, 5) is 28.0. The molecule has 7 nitrogen and oxygen atoms in total. The summed E-state index contributed by atoms with van der Waals surface area (Å²) in [5, 5.41) is 2.83. The lowest BCUT2D eigenvalue weighted by Crippen LogP contribution is -2.51. The van der Waals surface area contributed by atoms with E-state index in [0.29, 0.717) is 12.2 Å². The highest BCUT2D eigenvalue weighted by Gasteiger charge is 2.32. The first-order chi connectivity index (χ1) is 16.8. The summed E-state index contributed by atoms with van der Waals surface area (Å²) in [5.74, 6) is -0.760. The van der Waals surface area contributed by atoms with Gasteiger partial charge in [-0.2, -0.15) is 0 Å². The van der Waals surface area contributed by atoms with Crippen LogP contribution in [0.2, 0.25) is 0 Å². The molecule has 0 heterocycles. The highest BCUT2D eigenvalue weighted by molar-refractivity contribution is 7.92. The first-order valence-corrected chi connectivity index (χ1v) is 13.0. The fraction of sp³-hybridized carbons (Fsp3) is 0.259. The molecule has 0 aliphatic heterocycles. The van der Waals surface area contributed by atoms with Crippen LogP contribution in [0.15, 0.2) is 95.9 Å². The Kier molecular flexibility index (Phi) is 9.03. The Bertz CT molecular complexity index is 1200. The van der Waals surface area contributed by atoms with Gasteiger partial charge in [-0.25, -0.2) is 8.42 Å². The molecule has 0 saturated carbocycles. The molecule has 3 rings (SSSR count). The fourth-order valence-corrected chi connectivity index (χ4v) is 5.04. The number of hydrogen-bond acceptors (Lipinski definition) is 4. The van der Waals surface area contributed by atoms with Crippen molar-refractivity contribution >= 4 is 27.5 Å². The third-order valence-corrected chi connectivity index (χ3v) is 7.35. The summed E-state index contributed by atoms with van der Waals surface area (Å²) in [6.45, 7) is 3.83. The first-order valence-electron chi connectivity index (χ1n) is 11.6. The average Bonchev–Trinajstić information content (AvgIpc) is 2.90. The van der Waals surface area contributed by atoms with E-state index in [9.17, 15) is 18.0 Å². The van der Waals surface area contributed by atoms with E-state index in [0.717, 1.165) is 16.3 Å². The number of anilines is 1. The van der Waals surface area contributed by atoms with Crippen LogP contribution in [0.3, 0.4) is 0 Å². The summed E-state index contributed by atoms with van der Waals surface area (Å²) < 4.78 is 28.2. The lowest BCUT2D eigenvalue weighted by atomic mass is 10.1. The van der Waals surface area contributed by atoms with Crippen LogP contribution in [0.1, 0.15) is 25.8 Å². The number of carbonyl (C=O) groups is 2. The number of nitrogens with one attached hydrogen (secondary N) is 1. The second kappa shape index (κ2) is 12.2. The van der Waals surface area contributed by atoms with E-state index in [1.807, 2.05) is 37.3 Å². The summed E-state index contributed by atoms with van der Waals surface area (Å²) in [6.07, 6.45) is 0.766. The van der Waals surface area contributed by atoms with Crippen molar-refractivity contribution in [2.45, 2.75) is 37.8 Å². The molecule has 3 aromatic carbocycles. The molecule has 0 saturated heterocycles. The fourth-order valence-electron chi connectivity index (χ4n) is 3.60. The molecular weight excluding hydrogens is 462 g/mol. The number of para-hydroxylation sites is 1. The minimum atomic E-state index is -4.03. The third kappa shape index (κ3) is 6.70. The van der Waals surface area contributed by atoms with Crippen LogP contribution in [0.4, 0.5) is 5.69 Å². The molecule has 3 aromatic rings. The van der Waals surface area contributed by atoms with Gasteiger partial charge in [0.2, 0.25) is 11.8 Å². The maximum atomic E-state index is 13.7.